The van der Waals surface area contributed by atoms with E-state index in [-0.39, 0.29) is 0 Å². The first-order chi connectivity index (χ1) is 14.2. The van der Waals surface area contributed by atoms with Crippen LogP contribution in [-0.2, 0) is 25.7 Å². The maximum atomic E-state index is 4.74. The molecule has 0 aliphatic carbocycles. The van der Waals surface area contributed by atoms with Gasteiger partial charge in [0, 0.05) is 34.9 Å². The Bertz CT molecular complexity index is 765. The molecule has 0 N–H and O–H groups in total. The highest BCUT2D eigenvalue weighted by atomic mass is 15.1. The molecule has 0 fully saturated rings. The molecule has 0 amide bonds. The van der Waals surface area contributed by atoms with E-state index in [0.717, 1.165) is 48.4 Å². The lowest BCUT2D eigenvalue weighted by molar-refractivity contribution is 0.604. The Kier molecular flexibility index (Phi) is 9.13. The predicted octanol–water partition coefficient (Wildman–Crippen LogP) is 7.69. The van der Waals surface area contributed by atoms with Crippen LogP contribution in [0.3, 0.4) is 0 Å². The quantitative estimate of drug-likeness (QED) is 0.378. The molecule has 0 spiro atoms. The van der Waals surface area contributed by atoms with Gasteiger partial charge in [-0.05, 0) is 61.5 Å². The molecule has 0 radical (unpaired) electrons. The van der Waals surface area contributed by atoms with Gasteiger partial charge in [-0.2, -0.15) is 10.2 Å². The fourth-order valence-corrected chi connectivity index (χ4v) is 3.73. The molecule has 0 atom stereocenters. The molecule has 2 heterocycles. The van der Waals surface area contributed by atoms with E-state index in [1.165, 1.54) is 11.1 Å². The first-order valence-corrected chi connectivity index (χ1v) is 11.5. The molecule has 0 bridgehead atoms. The zero-order valence-electron chi connectivity index (χ0n) is 20.2. The Balaban J connectivity index is 2.48. The fourth-order valence-electron chi connectivity index (χ4n) is 3.73. The third kappa shape index (κ3) is 7.30. The summed E-state index contributed by atoms with van der Waals surface area (Å²) in [7, 11) is 0. The molecule has 4 heteroatoms. The second-order valence-electron chi connectivity index (χ2n) is 10.1. The van der Waals surface area contributed by atoms with E-state index in [9.17, 15) is 0 Å². The Hall–Kier alpha value is -2.10. The maximum Gasteiger partial charge on any atom is 0.0922 e. The van der Waals surface area contributed by atoms with Gasteiger partial charge >= 0.3 is 0 Å². The molecular weight excluding hydrogens is 368 g/mol. The van der Waals surface area contributed by atoms with Crippen molar-refractivity contribution in [1.29, 1.82) is 0 Å². The lowest BCUT2D eigenvalue weighted by Crippen LogP contribution is -2.06. The van der Waals surface area contributed by atoms with Gasteiger partial charge in [0.2, 0.25) is 0 Å². The summed E-state index contributed by atoms with van der Waals surface area (Å²) in [4.78, 5) is 9.36. The van der Waals surface area contributed by atoms with Gasteiger partial charge in [-0.3, -0.25) is 9.97 Å². The van der Waals surface area contributed by atoms with Crippen molar-refractivity contribution in [3.05, 3.63) is 47.0 Å². The highest BCUT2D eigenvalue weighted by molar-refractivity contribution is 5.51. The highest BCUT2D eigenvalue weighted by Crippen LogP contribution is 2.31. The van der Waals surface area contributed by atoms with Crippen LogP contribution in [0.2, 0.25) is 0 Å². The van der Waals surface area contributed by atoms with Gasteiger partial charge in [0.15, 0.2) is 0 Å². The molecule has 2 rings (SSSR count). The van der Waals surface area contributed by atoms with Gasteiger partial charge in [-0.1, -0.05) is 55.4 Å². The number of hydrogen-bond donors (Lipinski definition) is 0. The SMILES string of the molecule is CC(C)Cc1nccc(N=Nc2ccnc(CC(C)C)c2CC(C)C)c1CC(C)C. The van der Waals surface area contributed by atoms with Crippen LogP contribution < -0.4 is 0 Å². The highest BCUT2D eigenvalue weighted by Gasteiger charge is 2.15. The van der Waals surface area contributed by atoms with E-state index in [1.54, 1.807) is 0 Å². The summed E-state index contributed by atoms with van der Waals surface area (Å²) in [6.07, 6.45) is 7.63. The third-order valence-electron chi connectivity index (χ3n) is 4.93. The molecule has 0 saturated heterocycles. The second kappa shape index (κ2) is 11.3. The summed E-state index contributed by atoms with van der Waals surface area (Å²) in [6, 6.07) is 4.01. The Morgan fingerprint density at radius 2 is 0.900 bits per heavy atom. The van der Waals surface area contributed by atoms with Gasteiger partial charge < -0.3 is 0 Å². The first-order valence-electron chi connectivity index (χ1n) is 11.5. The summed E-state index contributed by atoms with van der Waals surface area (Å²) in [5.74, 6) is 2.22. The topological polar surface area (TPSA) is 50.5 Å². The monoisotopic (exact) mass is 408 g/mol. The van der Waals surface area contributed by atoms with E-state index >= 15 is 0 Å². The molecule has 30 heavy (non-hydrogen) atoms. The van der Waals surface area contributed by atoms with Crippen LogP contribution in [0, 0.1) is 23.7 Å². The summed E-state index contributed by atoms with van der Waals surface area (Å²) in [6.45, 7) is 17.9. The largest absolute Gasteiger partial charge is 0.261 e. The van der Waals surface area contributed by atoms with E-state index in [2.05, 4.69) is 65.4 Å². The van der Waals surface area contributed by atoms with Crippen molar-refractivity contribution in [3.8, 4) is 0 Å². The number of rotatable bonds is 10. The van der Waals surface area contributed by atoms with Crippen LogP contribution >= 0.6 is 0 Å². The van der Waals surface area contributed by atoms with Crippen molar-refractivity contribution in [3.63, 3.8) is 0 Å². The Morgan fingerprint density at radius 3 is 1.20 bits per heavy atom. The average Bonchev–Trinajstić information content (AvgIpc) is 2.62. The number of aromatic nitrogens is 2. The van der Waals surface area contributed by atoms with E-state index < -0.39 is 0 Å². The number of hydrogen-bond acceptors (Lipinski definition) is 4. The molecular formula is C26H40N4. The van der Waals surface area contributed by atoms with E-state index in [0.29, 0.717) is 23.7 Å². The van der Waals surface area contributed by atoms with Gasteiger partial charge in [-0.15, -0.1) is 0 Å². The van der Waals surface area contributed by atoms with E-state index in [4.69, 9.17) is 10.2 Å². The van der Waals surface area contributed by atoms with Crippen molar-refractivity contribution in [1.82, 2.24) is 9.97 Å². The van der Waals surface area contributed by atoms with Crippen LogP contribution in [0.5, 0.6) is 0 Å². The first kappa shape index (κ1) is 24.2. The molecule has 164 valence electrons. The Morgan fingerprint density at radius 1 is 0.567 bits per heavy atom. The summed E-state index contributed by atoms with van der Waals surface area (Å²) >= 11 is 0. The number of nitrogens with zero attached hydrogens (tertiary/aromatic N) is 4. The van der Waals surface area contributed by atoms with Gasteiger partial charge in [-0.25, -0.2) is 0 Å². The zero-order chi connectivity index (χ0) is 22.3. The van der Waals surface area contributed by atoms with Crippen molar-refractivity contribution in [2.24, 2.45) is 33.9 Å². The van der Waals surface area contributed by atoms with Crippen LogP contribution in [0.4, 0.5) is 11.4 Å². The van der Waals surface area contributed by atoms with Crippen molar-refractivity contribution < 1.29 is 0 Å². The average molecular weight is 409 g/mol. The summed E-state index contributed by atoms with van der Waals surface area (Å²) < 4.78 is 0. The molecule has 2 aromatic heterocycles. The molecule has 0 saturated carbocycles. The predicted molar refractivity (Wildman–Crippen MR) is 127 cm³/mol. The molecule has 0 unspecified atom stereocenters. The second-order valence-corrected chi connectivity index (χ2v) is 10.1. The maximum absolute atomic E-state index is 4.74. The molecule has 0 aliphatic rings. The number of azo groups is 1. The van der Waals surface area contributed by atoms with Crippen molar-refractivity contribution >= 4 is 11.4 Å². The lowest BCUT2D eigenvalue weighted by atomic mass is 9.95. The smallest absolute Gasteiger partial charge is 0.0922 e. The van der Waals surface area contributed by atoms with Crippen LogP contribution in [-0.4, -0.2) is 9.97 Å². The van der Waals surface area contributed by atoms with Crippen molar-refractivity contribution in [2.75, 3.05) is 0 Å². The minimum Gasteiger partial charge on any atom is -0.261 e. The van der Waals surface area contributed by atoms with E-state index in [1.807, 2.05) is 24.5 Å². The van der Waals surface area contributed by atoms with Crippen molar-refractivity contribution in [2.45, 2.75) is 81.1 Å². The van der Waals surface area contributed by atoms with Gasteiger partial charge in [0.1, 0.15) is 0 Å². The summed E-state index contributed by atoms with van der Waals surface area (Å²) in [5.41, 5.74) is 6.71. The minimum absolute atomic E-state index is 0.545. The van der Waals surface area contributed by atoms with Gasteiger partial charge in [0.05, 0.1) is 11.4 Å². The lowest BCUT2D eigenvalue weighted by Gasteiger charge is -2.15. The zero-order valence-corrected chi connectivity index (χ0v) is 20.2. The number of pyridine rings is 2. The van der Waals surface area contributed by atoms with Crippen LogP contribution in [0.25, 0.3) is 0 Å². The molecule has 0 aliphatic heterocycles. The molecule has 0 aromatic carbocycles. The fraction of sp³-hybridized carbons (Fsp3) is 0.615. The minimum atomic E-state index is 0.545. The normalized spacial score (nSPS) is 12.3. The van der Waals surface area contributed by atoms with Crippen LogP contribution in [0.1, 0.15) is 77.9 Å². The molecule has 2 aromatic rings. The van der Waals surface area contributed by atoms with Gasteiger partial charge in [0.25, 0.3) is 0 Å². The summed E-state index contributed by atoms with van der Waals surface area (Å²) in [5, 5.41) is 9.49. The standard InChI is InChI=1S/C26H40N4/c1-17(2)13-21-23(9-11-27-25(21)15-19(5)6)29-30-24-10-12-28-26(16-20(7)8)22(24)14-18(3)4/h9-12,17-20H,13-16H2,1-8H3. The third-order valence-corrected chi connectivity index (χ3v) is 4.93. The van der Waals surface area contributed by atoms with Crippen LogP contribution in [0.15, 0.2) is 34.8 Å². The Labute approximate surface area is 183 Å². The molecule has 4 nitrogen and oxygen atoms in total.